The van der Waals surface area contributed by atoms with E-state index in [1.54, 1.807) is 0 Å². The summed E-state index contributed by atoms with van der Waals surface area (Å²) < 4.78 is 12.2. The smallest absolute Gasteiger partial charge is 0.293 e. The fourth-order valence-corrected chi connectivity index (χ4v) is 11.6. The van der Waals surface area contributed by atoms with Gasteiger partial charge in [-0.2, -0.15) is 0 Å². The molecule has 0 N–H and O–H groups in total. The van der Waals surface area contributed by atoms with E-state index in [0.29, 0.717) is 23.0 Å². The zero-order valence-electron chi connectivity index (χ0n) is 19.9. The highest BCUT2D eigenvalue weighted by atomic mass is 28.4. The van der Waals surface area contributed by atoms with Gasteiger partial charge in [0.1, 0.15) is 0 Å². The summed E-state index contributed by atoms with van der Waals surface area (Å²) in [6, 6.07) is 1.17. The van der Waals surface area contributed by atoms with Crippen LogP contribution in [0.15, 0.2) is 0 Å². The third-order valence-corrected chi connectivity index (χ3v) is 14.5. The Morgan fingerprint density at radius 1 is 0.926 bits per heavy atom. The van der Waals surface area contributed by atoms with Gasteiger partial charge < -0.3 is 13.8 Å². The van der Waals surface area contributed by atoms with Crippen molar-refractivity contribution in [3.8, 4) is 0 Å². The maximum atomic E-state index is 12.7. The quantitative estimate of drug-likeness (QED) is 0.322. The Balaban J connectivity index is 4.63. The molecule has 0 radical (unpaired) electrons. The molecule has 0 heterocycles. The molecule has 0 aliphatic carbocycles. The molecular formula is C21H47NO3Si2. The summed E-state index contributed by atoms with van der Waals surface area (Å²) in [6.45, 7) is 25.8. The molecule has 0 aromatic carbocycles. The van der Waals surface area contributed by atoms with Crippen molar-refractivity contribution in [1.29, 1.82) is 0 Å². The first-order valence-electron chi connectivity index (χ1n) is 11.0. The van der Waals surface area contributed by atoms with Gasteiger partial charge in [-0.3, -0.25) is 4.79 Å². The molecule has 0 aromatic heterocycles. The second-order valence-corrected chi connectivity index (χ2v) is 19.0. The Morgan fingerprint density at radius 3 is 1.85 bits per heavy atom. The van der Waals surface area contributed by atoms with Gasteiger partial charge in [0.05, 0.1) is 6.42 Å². The van der Waals surface area contributed by atoms with Crippen LogP contribution in [-0.4, -0.2) is 53.7 Å². The molecule has 162 valence electrons. The summed E-state index contributed by atoms with van der Waals surface area (Å²) >= 11 is 0. The molecule has 0 bridgehead atoms. The Morgan fingerprint density at radius 2 is 1.44 bits per heavy atom. The normalized spacial score (nSPS) is 13.3. The van der Waals surface area contributed by atoms with Crippen molar-refractivity contribution in [2.45, 2.75) is 104 Å². The topological polar surface area (TPSA) is 38.8 Å². The van der Waals surface area contributed by atoms with E-state index in [1.807, 2.05) is 0 Å². The molecule has 0 aliphatic heterocycles. The van der Waals surface area contributed by atoms with Gasteiger partial charge in [0.2, 0.25) is 0 Å². The van der Waals surface area contributed by atoms with Crippen LogP contribution in [0.5, 0.6) is 0 Å². The van der Waals surface area contributed by atoms with Gasteiger partial charge in [0, 0.05) is 13.2 Å². The SMILES string of the molecule is CCO[Si](C)(C)CCCN(CC)CCC(=O)O[Si](C(C)C)(C(C)C)C(C)C. The second-order valence-electron chi connectivity index (χ2n) is 9.27. The molecule has 0 atom stereocenters. The molecule has 4 nitrogen and oxygen atoms in total. The summed E-state index contributed by atoms with van der Waals surface area (Å²) in [7, 11) is -3.62. The average molecular weight is 418 g/mol. The van der Waals surface area contributed by atoms with E-state index in [-0.39, 0.29) is 5.97 Å². The largest absolute Gasteiger partial charge is 0.518 e. The van der Waals surface area contributed by atoms with Crippen molar-refractivity contribution in [2.75, 3.05) is 26.2 Å². The Hall–Kier alpha value is -0.176. The third-order valence-electron chi connectivity index (χ3n) is 5.87. The molecular weight excluding hydrogens is 370 g/mol. The van der Waals surface area contributed by atoms with E-state index in [2.05, 4.69) is 73.4 Å². The van der Waals surface area contributed by atoms with Crippen molar-refractivity contribution in [3.63, 3.8) is 0 Å². The number of nitrogens with zero attached hydrogens (tertiary/aromatic N) is 1. The molecule has 27 heavy (non-hydrogen) atoms. The highest BCUT2D eigenvalue weighted by Crippen LogP contribution is 2.42. The van der Waals surface area contributed by atoms with Crippen LogP contribution in [0.3, 0.4) is 0 Å². The van der Waals surface area contributed by atoms with Gasteiger partial charge in [0.25, 0.3) is 14.3 Å². The first-order chi connectivity index (χ1) is 12.4. The fourth-order valence-electron chi connectivity index (χ4n) is 4.47. The number of rotatable bonds is 14. The van der Waals surface area contributed by atoms with Crippen LogP contribution in [0.1, 0.15) is 68.2 Å². The summed E-state index contributed by atoms with van der Waals surface area (Å²) in [5, 5.41) is 0. The van der Waals surface area contributed by atoms with E-state index in [9.17, 15) is 4.79 Å². The van der Waals surface area contributed by atoms with Crippen molar-refractivity contribution in [2.24, 2.45) is 0 Å². The summed E-state index contributed by atoms with van der Waals surface area (Å²) in [6.07, 6.45) is 1.64. The summed E-state index contributed by atoms with van der Waals surface area (Å²) in [5.41, 5.74) is 1.32. The van der Waals surface area contributed by atoms with E-state index in [0.717, 1.165) is 32.7 Å². The van der Waals surface area contributed by atoms with E-state index in [1.165, 1.54) is 6.04 Å². The van der Waals surface area contributed by atoms with Gasteiger partial charge in [-0.15, -0.1) is 0 Å². The van der Waals surface area contributed by atoms with Crippen LogP contribution in [0.25, 0.3) is 0 Å². The second kappa shape index (κ2) is 12.4. The Labute approximate surface area is 171 Å². The first kappa shape index (κ1) is 26.8. The van der Waals surface area contributed by atoms with Crippen LogP contribution in [0.4, 0.5) is 0 Å². The lowest BCUT2D eigenvalue weighted by Crippen LogP contribution is -2.49. The lowest BCUT2D eigenvalue weighted by molar-refractivity contribution is -0.136. The van der Waals surface area contributed by atoms with Gasteiger partial charge in [0.15, 0.2) is 8.32 Å². The molecule has 0 fully saturated rings. The molecule has 6 heteroatoms. The maximum Gasteiger partial charge on any atom is 0.293 e. The average Bonchev–Trinajstić information content (AvgIpc) is 2.54. The lowest BCUT2D eigenvalue weighted by Gasteiger charge is -2.41. The van der Waals surface area contributed by atoms with Crippen LogP contribution < -0.4 is 0 Å². The van der Waals surface area contributed by atoms with Crippen molar-refractivity contribution in [1.82, 2.24) is 4.90 Å². The summed E-state index contributed by atoms with van der Waals surface area (Å²) in [5.74, 6) is 0.000220. The molecule has 0 amide bonds. The number of hydrogen-bond acceptors (Lipinski definition) is 4. The van der Waals surface area contributed by atoms with Crippen LogP contribution in [0, 0.1) is 0 Å². The van der Waals surface area contributed by atoms with Gasteiger partial charge >= 0.3 is 0 Å². The first-order valence-corrected chi connectivity index (χ1v) is 16.3. The number of carbonyl (C=O) groups is 1. The van der Waals surface area contributed by atoms with Crippen molar-refractivity contribution in [3.05, 3.63) is 0 Å². The molecule has 0 aromatic rings. The van der Waals surface area contributed by atoms with Gasteiger partial charge in [-0.1, -0.05) is 48.5 Å². The molecule has 0 rings (SSSR count). The van der Waals surface area contributed by atoms with Gasteiger partial charge in [-0.05, 0) is 62.2 Å². The molecule has 0 saturated heterocycles. The minimum absolute atomic E-state index is 0.000220. The van der Waals surface area contributed by atoms with E-state index < -0.39 is 16.6 Å². The minimum Gasteiger partial charge on any atom is -0.518 e. The highest BCUT2D eigenvalue weighted by Gasteiger charge is 2.48. The number of carbonyl (C=O) groups excluding carboxylic acids is 1. The molecule has 0 unspecified atom stereocenters. The van der Waals surface area contributed by atoms with Crippen LogP contribution in [-0.2, 0) is 13.6 Å². The number of hydrogen-bond donors (Lipinski definition) is 0. The van der Waals surface area contributed by atoms with Crippen molar-refractivity contribution < 1.29 is 13.6 Å². The minimum atomic E-state index is -2.11. The van der Waals surface area contributed by atoms with Crippen molar-refractivity contribution >= 4 is 22.6 Å². The third kappa shape index (κ3) is 8.79. The zero-order valence-corrected chi connectivity index (χ0v) is 21.9. The predicted molar refractivity (Wildman–Crippen MR) is 122 cm³/mol. The van der Waals surface area contributed by atoms with Crippen LogP contribution >= 0.6 is 0 Å². The standard InChI is InChI=1S/C21H47NO3Si2/c1-11-22(15-13-17-26(9,10)24-12-2)16-14-21(23)25-27(18(3)4,19(5)6)20(7)8/h18-20H,11-17H2,1-10H3. The van der Waals surface area contributed by atoms with E-state index >= 15 is 0 Å². The maximum absolute atomic E-state index is 12.7. The van der Waals surface area contributed by atoms with Crippen LogP contribution in [0.2, 0.25) is 35.8 Å². The zero-order chi connectivity index (χ0) is 21.3. The van der Waals surface area contributed by atoms with Gasteiger partial charge in [-0.25, -0.2) is 0 Å². The predicted octanol–water partition coefficient (Wildman–Crippen LogP) is 6.05. The molecule has 0 spiro atoms. The highest BCUT2D eigenvalue weighted by molar-refractivity contribution is 6.78. The molecule has 0 aliphatic rings. The monoisotopic (exact) mass is 417 g/mol. The molecule has 0 saturated carbocycles. The Bertz CT molecular complexity index is 404. The Kier molecular flexibility index (Phi) is 12.3. The fraction of sp³-hybridized carbons (Fsp3) is 0.952. The van der Waals surface area contributed by atoms with E-state index in [4.69, 9.17) is 8.85 Å². The lowest BCUT2D eigenvalue weighted by atomic mass is 10.3. The summed E-state index contributed by atoms with van der Waals surface area (Å²) in [4.78, 5) is 15.1.